The quantitative estimate of drug-likeness (QED) is 0.797. The Hall–Kier alpha value is -2.77. The first-order valence-corrected chi connectivity index (χ1v) is 9.27. The van der Waals surface area contributed by atoms with Gasteiger partial charge in [-0.3, -0.25) is 4.79 Å². The summed E-state index contributed by atoms with van der Waals surface area (Å²) >= 11 is 0. The van der Waals surface area contributed by atoms with E-state index < -0.39 is 29.3 Å². The topological polar surface area (TPSA) is 105 Å². The summed E-state index contributed by atoms with van der Waals surface area (Å²) in [6.07, 6.45) is -0.740. The van der Waals surface area contributed by atoms with Gasteiger partial charge < -0.3 is 24.8 Å². The highest BCUT2D eigenvalue weighted by atomic mass is 16.6. The molecule has 1 heterocycles. The van der Waals surface area contributed by atoms with Gasteiger partial charge in [-0.05, 0) is 39.2 Å². The summed E-state index contributed by atoms with van der Waals surface area (Å²) in [4.78, 5) is 37.3. The van der Waals surface area contributed by atoms with Gasteiger partial charge in [-0.25, -0.2) is 9.59 Å². The number of nitrogens with zero attached hydrogens (tertiary/aromatic N) is 1. The number of hydrogen-bond acceptors (Lipinski definition) is 5. The van der Waals surface area contributed by atoms with E-state index in [9.17, 15) is 19.5 Å². The van der Waals surface area contributed by atoms with Gasteiger partial charge in [0.1, 0.15) is 12.2 Å². The van der Waals surface area contributed by atoms with E-state index in [4.69, 9.17) is 9.47 Å². The second-order valence-corrected chi connectivity index (χ2v) is 8.00. The van der Waals surface area contributed by atoms with Gasteiger partial charge >= 0.3 is 18.2 Å². The Morgan fingerprint density at radius 3 is 2.29 bits per heavy atom. The van der Waals surface area contributed by atoms with E-state index in [0.29, 0.717) is 12.8 Å². The van der Waals surface area contributed by atoms with Crippen LogP contribution < -0.4 is 5.32 Å². The Labute approximate surface area is 164 Å². The molecule has 1 aliphatic rings. The first kappa shape index (κ1) is 21.5. The van der Waals surface area contributed by atoms with E-state index in [1.807, 2.05) is 30.3 Å². The molecular formula is C20H28N2O6. The molecule has 0 saturated carbocycles. The normalized spacial score (nSPS) is 16.2. The fraction of sp³-hybridized carbons (Fsp3) is 0.550. The largest absolute Gasteiger partial charge is 0.481 e. The van der Waals surface area contributed by atoms with Crippen LogP contribution in [0.25, 0.3) is 0 Å². The molecule has 1 aromatic carbocycles. The molecular weight excluding hydrogens is 364 g/mol. The van der Waals surface area contributed by atoms with Crippen LogP contribution in [0, 0.1) is 0 Å². The molecule has 154 valence electrons. The van der Waals surface area contributed by atoms with Gasteiger partial charge in [-0.15, -0.1) is 0 Å². The minimum absolute atomic E-state index is 0.173. The summed E-state index contributed by atoms with van der Waals surface area (Å²) in [6, 6.07) is 9.35. The molecule has 0 aromatic heterocycles. The van der Waals surface area contributed by atoms with Gasteiger partial charge in [0.05, 0.1) is 12.0 Å². The zero-order chi connectivity index (χ0) is 20.8. The smallest absolute Gasteiger partial charge is 0.410 e. The summed E-state index contributed by atoms with van der Waals surface area (Å²) in [7, 11) is 0. The van der Waals surface area contributed by atoms with Crippen LogP contribution >= 0.6 is 0 Å². The fourth-order valence-corrected chi connectivity index (χ4v) is 3.08. The third kappa shape index (κ3) is 6.75. The average molecular weight is 392 g/mol. The molecule has 0 aliphatic carbocycles. The molecule has 0 bridgehead atoms. The maximum absolute atomic E-state index is 12.3. The van der Waals surface area contributed by atoms with E-state index in [1.165, 1.54) is 4.90 Å². The molecule has 2 rings (SSSR count). The summed E-state index contributed by atoms with van der Waals surface area (Å²) < 4.78 is 10.6. The van der Waals surface area contributed by atoms with E-state index in [-0.39, 0.29) is 26.1 Å². The summed E-state index contributed by atoms with van der Waals surface area (Å²) in [5.74, 6) is -1.02. The number of piperidine rings is 1. The number of likely N-dealkylation sites (tertiary alicyclic amines) is 1. The molecule has 2 N–H and O–H groups in total. The number of benzene rings is 1. The van der Waals surface area contributed by atoms with Crippen molar-refractivity contribution in [1.82, 2.24) is 10.2 Å². The minimum Gasteiger partial charge on any atom is -0.481 e. The molecule has 2 amide bonds. The predicted octanol–water partition coefficient (Wildman–Crippen LogP) is 3.16. The highest BCUT2D eigenvalue weighted by molar-refractivity contribution is 5.73. The van der Waals surface area contributed by atoms with E-state index in [1.54, 1.807) is 20.8 Å². The molecule has 8 heteroatoms. The van der Waals surface area contributed by atoms with Crippen LogP contribution in [-0.4, -0.2) is 52.4 Å². The van der Waals surface area contributed by atoms with Crippen molar-refractivity contribution in [1.29, 1.82) is 0 Å². The third-order valence-electron chi connectivity index (χ3n) is 4.44. The summed E-state index contributed by atoms with van der Waals surface area (Å²) in [5, 5.41) is 12.0. The van der Waals surface area contributed by atoms with Crippen LogP contribution in [0.4, 0.5) is 9.59 Å². The molecule has 0 atom stereocenters. The Morgan fingerprint density at radius 1 is 1.14 bits per heavy atom. The molecule has 8 nitrogen and oxygen atoms in total. The number of nitrogens with one attached hydrogen (secondary N) is 1. The number of alkyl carbamates (subject to hydrolysis) is 1. The molecule has 1 saturated heterocycles. The lowest BCUT2D eigenvalue weighted by atomic mass is 9.84. The van der Waals surface area contributed by atoms with Gasteiger partial charge in [0.2, 0.25) is 0 Å². The molecule has 1 fully saturated rings. The first-order valence-electron chi connectivity index (χ1n) is 9.27. The van der Waals surface area contributed by atoms with Crippen molar-refractivity contribution < 1.29 is 29.0 Å². The van der Waals surface area contributed by atoms with Crippen LogP contribution in [0.1, 0.15) is 45.6 Å². The van der Waals surface area contributed by atoms with Gasteiger partial charge in [0, 0.05) is 13.1 Å². The standard InChI is InChI=1S/C20H28N2O6/c1-19(2,3)28-17(25)21-20(13-16(23)24)9-11-22(12-10-20)18(26)27-14-15-7-5-4-6-8-15/h4-8H,9-14H2,1-3H3,(H,21,25)(H,23,24). The zero-order valence-electron chi connectivity index (χ0n) is 16.6. The molecule has 0 radical (unpaired) electrons. The van der Waals surface area contributed by atoms with Crippen molar-refractivity contribution in [2.45, 2.75) is 57.8 Å². The van der Waals surface area contributed by atoms with Crippen LogP contribution in [0.5, 0.6) is 0 Å². The highest BCUT2D eigenvalue weighted by Gasteiger charge is 2.40. The molecule has 0 spiro atoms. The van der Waals surface area contributed by atoms with Crippen LogP contribution in [-0.2, 0) is 20.9 Å². The number of carboxylic acids is 1. The Morgan fingerprint density at radius 2 is 1.75 bits per heavy atom. The van der Waals surface area contributed by atoms with Gasteiger partial charge in [-0.2, -0.15) is 0 Å². The first-order chi connectivity index (χ1) is 13.1. The Bertz CT molecular complexity index is 690. The van der Waals surface area contributed by atoms with Crippen LogP contribution in [0.3, 0.4) is 0 Å². The second kappa shape index (κ2) is 8.95. The SMILES string of the molecule is CC(C)(C)OC(=O)NC1(CC(=O)O)CCN(C(=O)OCc2ccccc2)CC1. The van der Waals surface area contributed by atoms with Crippen LogP contribution in [0.15, 0.2) is 30.3 Å². The van der Waals surface area contributed by atoms with Crippen molar-refractivity contribution >= 4 is 18.2 Å². The third-order valence-corrected chi connectivity index (χ3v) is 4.44. The molecule has 1 aliphatic heterocycles. The van der Waals surface area contributed by atoms with Gasteiger partial charge in [-0.1, -0.05) is 30.3 Å². The van der Waals surface area contributed by atoms with E-state index in [2.05, 4.69) is 5.32 Å². The maximum atomic E-state index is 12.3. The van der Waals surface area contributed by atoms with Gasteiger partial charge in [0.15, 0.2) is 0 Å². The van der Waals surface area contributed by atoms with Crippen LogP contribution in [0.2, 0.25) is 0 Å². The number of rotatable bonds is 5. The number of amides is 2. The lowest BCUT2D eigenvalue weighted by Crippen LogP contribution is -2.57. The van der Waals surface area contributed by atoms with E-state index >= 15 is 0 Å². The predicted molar refractivity (Wildman–Crippen MR) is 102 cm³/mol. The number of aliphatic carboxylic acids is 1. The average Bonchev–Trinajstić information content (AvgIpc) is 2.58. The summed E-state index contributed by atoms with van der Waals surface area (Å²) in [5.41, 5.74) is -0.749. The monoisotopic (exact) mass is 392 g/mol. The molecule has 1 aromatic rings. The fourth-order valence-electron chi connectivity index (χ4n) is 3.08. The number of hydrogen-bond donors (Lipinski definition) is 2. The highest BCUT2D eigenvalue weighted by Crippen LogP contribution is 2.27. The number of ether oxygens (including phenoxy) is 2. The zero-order valence-corrected chi connectivity index (χ0v) is 16.6. The van der Waals surface area contributed by atoms with Crippen molar-refractivity contribution in [3.05, 3.63) is 35.9 Å². The Kier molecular flexibility index (Phi) is 6.88. The number of carbonyl (C=O) groups excluding carboxylic acids is 2. The lowest BCUT2D eigenvalue weighted by Gasteiger charge is -2.41. The second-order valence-electron chi connectivity index (χ2n) is 8.00. The van der Waals surface area contributed by atoms with Gasteiger partial charge in [0.25, 0.3) is 0 Å². The molecule has 0 unspecified atom stereocenters. The number of carboxylic acid groups (broad SMARTS) is 1. The summed E-state index contributed by atoms with van der Waals surface area (Å²) in [6.45, 7) is 5.96. The molecule has 28 heavy (non-hydrogen) atoms. The van der Waals surface area contributed by atoms with Crippen molar-refractivity contribution in [2.24, 2.45) is 0 Å². The van der Waals surface area contributed by atoms with Crippen molar-refractivity contribution in [3.63, 3.8) is 0 Å². The number of carbonyl (C=O) groups is 3. The Balaban J connectivity index is 1.92. The lowest BCUT2D eigenvalue weighted by molar-refractivity contribution is -0.139. The maximum Gasteiger partial charge on any atom is 0.410 e. The minimum atomic E-state index is -1.02. The van der Waals surface area contributed by atoms with E-state index in [0.717, 1.165) is 5.56 Å². The van der Waals surface area contributed by atoms with Crippen molar-refractivity contribution in [3.8, 4) is 0 Å². The van der Waals surface area contributed by atoms with Crippen molar-refractivity contribution in [2.75, 3.05) is 13.1 Å².